The number of piperidine rings is 1. The Kier molecular flexibility index (Phi) is 5.70. The highest BCUT2D eigenvalue weighted by molar-refractivity contribution is 5.96. The first-order valence-electron chi connectivity index (χ1n) is 12.9. The molecule has 8 nitrogen and oxygen atoms in total. The standard InChI is InChI=1S/C29H30N2O6/c1-29(2)36-23-10-8-19(15-24(23)37-29)27(33)31-12-11-17-13-21(9-7-20(17)16-31)30-26(32)25-14-18-5-3-4-6-22(18)28(34)35-25/h3-6,8,10,14-15,17,20-21H,7,9,11-13,16H2,1-2H3,(H,30,32). The van der Waals surface area contributed by atoms with E-state index in [1.807, 2.05) is 24.8 Å². The quantitative estimate of drug-likeness (QED) is 0.572. The van der Waals surface area contributed by atoms with E-state index in [0.717, 1.165) is 25.7 Å². The Morgan fingerprint density at radius 3 is 2.65 bits per heavy atom. The molecule has 3 heterocycles. The molecule has 1 aliphatic carbocycles. The minimum atomic E-state index is -0.726. The van der Waals surface area contributed by atoms with Gasteiger partial charge >= 0.3 is 5.63 Å². The highest BCUT2D eigenvalue weighted by atomic mass is 16.7. The summed E-state index contributed by atoms with van der Waals surface area (Å²) in [6.07, 6.45) is 3.50. The third-order valence-corrected chi connectivity index (χ3v) is 7.78. The van der Waals surface area contributed by atoms with Gasteiger partial charge in [0.25, 0.3) is 11.8 Å². The number of hydrogen-bond donors (Lipinski definition) is 1. The summed E-state index contributed by atoms with van der Waals surface area (Å²) in [5, 5.41) is 4.23. The van der Waals surface area contributed by atoms with Gasteiger partial charge in [-0.05, 0) is 73.2 Å². The lowest BCUT2D eigenvalue weighted by molar-refractivity contribution is -0.0431. The maximum absolute atomic E-state index is 13.3. The largest absolute Gasteiger partial charge is 0.449 e. The van der Waals surface area contributed by atoms with E-state index in [4.69, 9.17) is 13.9 Å². The van der Waals surface area contributed by atoms with Crippen LogP contribution in [-0.2, 0) is 0 Å². The van der Waals surface area contributed by atoms with Gasteiger partial charge in [0.15, 0.2) is 17.3 Å². The number of nitrogens with one attached hydrogen (secondary N) is 1. The van der Waals surface area contributed by atoms with E-state index in [0.29, 0.717) is 52.8 Å². The van der Waals surface area contributed by atoms with Crippen LogP contribution in [0, 0.1) is 11.8 Å². The highest BCUT2D eigenvalue weighted by Gasteiger charge is 2.38. The van der Waals surface area contributed by atoms with Gasteiger partial charge in [0.1, 0.15) is 0 Å². The minimum absolute atomic E-state index is 0.0105. The van der Waals surface area contributed by atoms with Crippen molar-refractivity contribution in [2.75, 3.05) is 13.1 Å². The first-order chi connectivity index (χ1) is 17.8. The zero-order valence-corrected chi connectivity index (χ0v) is 21.0. The number of ether oxygens (including phenoxy) is 2. The van der Waals surface area contributed by atoms with Crippen molar-refractivity contribution in [2.45, 2.75) is 51.4 Å². The maximum atomic E-state index is 13.3. The number of benzene rings is 2. The average Bonchev–Trinajstić information content (AvgIpc) is 3.20. The summed E-state index contributed by atoms with van der Waals surface area (Å²) >= 11 is 0. The number of nitrogens with zero attached hydrogens (tertiary/aromatic N) is 1. The molecule has 8 heteroatoms. The van der Waals surface area contributed by atoms with Gasteiger partial charge in [0.05, 0.1) is 5.39 Å². The van der Waals surface area contributed by atoms with Crippen LogP contribution in [0.25, 0.3) is 10.8 Å². The molecule has 2 aliphatic heterocycles. The second-order valence-electron chi connectivity index (χ2n) is 10.8. The molecule has 192 valence electrons. The topological polar surface area (TPSA) is 98.1 Å². The van der Waals surface area contributed by atoms with Crippen molar-refractivity contribution in [3.05, 3.63) is 70.3 Å². The molecule has 1 N–H and O–H groups in total. The lowest BCUT2D eigenvalue weighted by atomic mass is 9.73. The molecule has 2 fully saturated rings. The van der Waals surface area contributed by atoms with Crippen molar-refractivity contribution in [1.29, 1.82) is 0 Å². The van der Waals surface area contributed by atoms with Gasteiger partial charge in [-0.15, -0.1) is 0 Å². The zero-order chi connectivity index (χ0) is 25.7. The van der Waals surface area contributed by atoms with Crippen molar-refractivity contribution < 1.29 is 23.5 Å². The molecule has 0 radical (unpaired) electrons. The van der Waals surface area contributed by atoms with Crippen LogP contribution in [0.1, 0.15) is 60.4 Å². The van der Waals surface area contributed by atoms with Gasteiger partial charge in [-0.3, -0.25) is 9.59 Å². The molecular formula is C29H30N2O6. The molecule has 0 spiro atoms. The number of fused-ring (bicyclic) bond motifs is 3. The van der Waals surface area contributed by atoms with Gasteiger partial charge in [-0.2, -0.15) is 0 Å². The van der Waals surface area contributed by atoms with E-state index >= 15 is 0 Å². The van der Waals surface area contributed by atoms with Gasteiger partial charge in [-0.25, -0.2) is 4.79 Å². The molecular weight excluding hydrogens is 472 g/mol. The Morgan fingerprint density at radius 1 is 0.973 bits per heavy atom. The molecule has 2 aromatic carbocycles. The Morgan fingerprint density at radius 2 is 1.78 bits per heavy atom. The van der Waals surface area contributed by atoms with Crippen LogP contribution in [0.5, 0.6) is 11.5 Å². The van der Waals surface area contributed by atoms with E-state index in [2.05, 4.69) is 5.32 Å². The SMILES string of the molecule is CC1(C)Oc2ccc(C(=O)N3CCC4CC(NC(=O)c5cc6ccccc6c(=O)o5)CCC4C3)cc2O1. The maximum Gasteiger partial charge on any atom is 0.344 e. The number of carbonyl (C=O) groups is 2. The smallest absolute Gasteiger partial charge is 0.344 e. The van der Waals surface area contributed by atoms with Crippen LogP contribution in [0.2, 0.25) is 0 Å². The minimum Gasteiger partial charge on any atom is -0.449 e. The van der Waals surface area contributed by atoms with Crippen LogP contribution in [0.3, 0.4) is 0 Å². The average molecular weight is 503 g/mol. The van der Waals surface area contributed by atoms with Crippen molar-refractivity contribution in [3.8, 4) is 11.5 Å². The number of amides is 2. The van der Waals surface area contributed by atoms with Crippen molar-refractivity contribution in [3.63, 3.8) is 0 Å². The van der Waals surface area contributed by atoms with Crippen molar-refractivity contribution >= 4 is 22.6 Å². The molecule has 1 saturated heterocycles. The van der Waals surface area contributed by atoms with Crippen LogP contribution >= 0.6 is 0 Å². The molecule has 0 bridgehead atoms. The Hall–Kier alpha value is -3.81. The van der Waals surface area contributed by atoms with Gasteiger partial charge in [-0.1, -0.05) is 18.2 Å². The van der Waals surface area contributed by atoms with Crippen LogP contribution < -0.4 is 20.4 Å². The summed E-state index contributed by atoms with van der Waals surface area (Å²) in [5.74, 6) is 1.06. The third kappa shape index (κ3) is 4.56. The summed E-state index contributed by atoms with van der Waals surface area (Å²) in [5.41, 5.74) is 0.103. The number of rotatable bonds is 3. The van der Waals surface area contributed by atoms with Crippen LogP contribution in [-0.4, -0.2) is 41.6 Å². The Balaban J connectivity index is 1.07. The summed E-state index contributed by atoms with van der Waals surface area (Å²) in [7, 11) is 0. The predicted molar refractivity (Wildman–Crippen MR) is 137 cm³/mol. The fraction of sp³-hybridized carbons (Fsp3) is 0.414. The molecule has 2 amide bonds. The summed E-state index contributed by atoms with van der Waals surface area (Å²) < 4.78 is 16.8. The van der Waals surface area contributed by atoms with Crippen LogP contribution in [0.4, 0.5) is 0 Å². The fourth-order valence-corrected chi connectivity index (χ4v) is 5.97. The number of hydrogen-bond acceptors (Lipinski definition) is 6. The molecule has 3 aromatic rings. The summed E-state index contributed by atoms with van der Waals surface area (Å²) in [4.78, 5) is 40.3. The van der Waals surface area contributed by atoms with Crippen molar-refractivity contribution in [2.24, 2.45) is 11.8 Å². The van der Waals surface area contributed by atoms with Gasteiger partial charge in [0.2, 0.25) is 5.79 Å². The predicted octanol–water partition coefficient (Wildman–Crippen LogP) is 4.36. The summed E-state index contributed by atoms with van der Waals surface area (Å²) in [6, 6.07) is 14.1. The monoisotopic (exact) mass is 502 g/mol. The highest BCUT2D eigenvalue weighted by Crippen LogP contribution is 2.41. The van der Waals surface area contributed by atoms with E-state index in [9.17, 15) is 14.4 Å². The van der Waals surface area contributed by atoms with E-state index in [1.165, 1.54) is 0 Å². The summed E-state index contributed by atoms with van der Waals surface area (Å²) in [6.45, 7) is 5.08. The van der Waals surface area contributed by atoms with E-state index in [1.54, 1.807) is 42.5 Å². The van der Waals surface area contributed by atoms with E-state index < -0.39 is 11.4 Å². The van der Waals surface area contributed by atoms with Gasteiger partial charge < -0.3 is 24.1 Å². The lowest BCUT2D eigenvalue weighted by Gasteiger charge is -2.43. The lowest BCUT2D eigenvalue weighted by Crippen LogP contribution is -2.49. The Labute approximate surface area is 214 Å². The first-order valence-corrected chi connectivity index (χ1v) is 12.9. The second kappa shape index (κ2) is 8.94. The van der Waals surface area contributed by atoms with E-state index in [-0.39, 0.29) is 23.6 Å². The van der Waals surface area contributed by atoms with Crippen LogP contribution in [0.15, 0.2) is 57.7 Å². The first kappa shape index (κ1) is 23.6. The fourth-order valence-electron chi connectivity index (χ4n) is 5.97. The molecule has 1 saturated carbocycles. The second-order valence-corrected chi connectivity index (χ2v) is 10.8. The Bertz CT molecular complexity index is 1440. The van der Waals surface area contributed by atoms with Gasteiger partial charge in [0, 0.05) is 38.5 Å². The molecule has 3 atom stereocenters. The normalized spacial score (nSPS) is 23.9. The molecule has 37 heavy (non-hydrogen) atoms. The molecule has 3 aliphatic rings. The number of carbonyl (C=O) groups excluding carboxylic acids is 2. The number of likely N-dealkylation sites (tertiary alicyclic amines) is 1. The third-order valence-electron chi connectivity index (χ3n) is 7.78. The zero-order valence-electron chi connectivity index (χ0n) is 21.0. The molecule has 3 unspecified atom stereocenters. The molecule has 1 aromatic heterocycles. The van der Waals surface area contributed by atoms with Crippen molar-refractivity contribution in [1.82, 2.24) is 10.2 Å². The molecule has 6 rings (SSSR count).